The molecular formula is C8H9NOS. The molecule has 1 aliphatic rings. The van der Waals surface area contributed by atoms with Crippen LogP contribution < -0.4 is 5.32 Å². The Morgan fingerprint density at radius 2 is 2.09 bits per heavy atom. The van der Waals surface area contributed by atoms with Crippen molar-refractivity contribution in [1.82, 2.24) is 5.32 Å². The molecule has 1 aromatic heterocycles. The second-order valence-electron chi connectivity index (χ2n) is 1.97. The molecule has 0 fully saturated rings. The molecule has 2 heterocycles. The zero-order valence-electron chi connectivity index (χ0n) is 5.99. The van der Waals surface area contributed by atoms with Gasteiger partial charge in [-0.1, -0.05) is 12.1 Å². The molecule has 2 nitrogen and oxygen atoms in total. The van der Waals surface area contributed by atoms with Crippen molar-refractivity contribution in [2.24, 2.45) is 0 Å². The fraction of sp³-hybridized carbons (Fsp3) is 0.125. The molecule has 0 unspecified atom stereocenters. The van der Waals surface area contributed by atoms with E-state index < -0.39 is 0 Å². The van der Waals surface area contributed by atoms with Gasteiger partial charge in [0.1, 0.15) is 0 Å². The summed E-state index contributed by atoms with van der Waals surface area (Å²) >= 11 is 1.71. The Kier molecular flexibility index (Phi) is 3.41. The predicted molar refractivity (Wildman–Crippen MR) is 46.5 cm³/mol. The van der Waals surface area contributed by atoms with Crippen LogP contribution in [0.25, 0.3) is 0 Å². The van der Waals surface area contributed by atoms with Crippen LogP contribution in [-0.4, -0.2) is 12.3 Å². The average molecular weight is 167 g/mol. The highest BCUT2D eigenvalue weighted by molar-refractivity contribution is 7.07. The smallest absolute Gasteiger partial charge is 0.176 e. The van der Waals surface area contributed by atoms with Crippen LogP contribution in [0.15, 0.2) is 35.2 Å². The lowest BCUT2D eigenvalue weighted by Gasteiger charge is -1.78. The van der Waals surface area contributed by atoms with Gasteiger partial charge in [-0.05, 0) is 16.8 Å². The normalized spacial score (nSPS) is 13.6. The first-order chi connectivity index (χ1) is 5.39. The Morgan fingerprint density at radius 3 is 2.27 bits per heavy atom. The van der Waals surface area contributed by atoms with Gasteiger partial charge in [0, 0.05) is 6.20 Å². The summed E-state index contributed by atoms with van der Waals surface area (Å²) in [6, 6.07) is 4.04. The van der Waals surface area contributed by atoms with Crippen LogP contribution in [0.1, 0.15) is 0 Å². The van der Waals surface area contributed by atoms with Gasteiger partial charge in [-0.25, -0.2) is 0 Å². The highest BCUT2D eigenvalue weighted by Gasteiger charge is 1.96. The van der Waals surface area contributed by atoms with Gasteiger partial charge in [-0.15, -0.1) is 0 Å². The molecule has 1 aliphatic heterocycles. The monoisotopic (exact) mass is 167 g/mol. The van der Waals surface area contributed by atoms with Crippen molar-refractivity contribution in [3.63, 3.8) is 0 Å². The largest absolute Gasteiger partial charge is 0.383 e. The number of thiophene rings is 1. The first-order valence-corrected chi connectivity index (χ1v) is 4.24. The number of nitrogens with one attached hydrogen (secondary N) is 1. The number of carbonyl (C=O) groups excluding carboxylic acids is 1. The molecule has 1 N–H and O–H groups in total. The number of hydrogen-bond donors (Lipinski definition) is 1. The van der Waals surface area contributed by atoms with E-state index in [1.807, 2.05) is 22.9 Å². The molecular weight excluding hydrogens is 158 g/mol. The van der Waals surface area contributed by atoms with Crippen molar-refractivity contribution in [3.8, 4) is 0 Å². The molecule has 0 spiro atoms. The molecule has 0 radical (unpaired) electrons. The molecule has 0 atom stereocenters. The second-order valence-corrected chi connectivity index (χ2v) is 2.79. The molecule has 0 aliphatic carbocycles. The maximum atomic E-state index is 10.1. The quantitative estimate of drug-likeness (QED) is 0.633. The van der Waals surface area contributed by atoms with Crippen LogP contribution in [0.5, 0.6) is 0 Å². The third kappa shape index (κ3) is 3.57. The molecule has 11 heavy (non-hydrogen) atoms. The summed E-state index contributed by atoms with van der Waals surface area (Å²) in [5.41, 5.74) is 0. The van der Waals surface area contributed by atoms with E-state index in [9.17, 15) is 4.79 Å². The van der Waals surface area contributed by atoms with Crippen LogP contribution in [0.3, 0.4) is 0 Å². The maximum Gasteiger partial charge on any atom is 0.176 e. The van der Waals surface area contributed by atoms with Crippen molar-refractivity contribution >= 4 is 17.1 Å². The van der Waals surface area contributed by atoms with Crippen LogP contribution in [0.2, 0.25) is 0 Å². The summed E-state index contributed by atoms with van der Waals surface area (Å²) in [6.45, 7) is 0.486. The van der Waals surface area contributed by atoms with Crippen molar-refractivity contribution in [3.05, 3.63) is 35.2 Å². The summed E-state index contributed by atoms with van der Waals surface area (Å²) < 4.78 is 0. The number of rotatable bonds is 0. The molecule has 0 aromatic carbocycles. The maximum absolute atomic E-state index is 10.1. The van der Waals surface area contributed by atoms with Gasteiger partial charge in [0.2, 0.25) is 0 Å². The van der Waals surface area contributed by atoms with E-state index in [0.29, 0.717) is 6.54 Å². The predicted octanol–water partition coefficient (Wildman–Crippen LogP) is 1.42. The van der Waals surface area contributed by atoms with Gasteiger partial charge in [0.15, 0.2) is 5.78 Å². The van der Waals surface area contributed by atoms with Crippen molar-refractivity contribution in [1.29, 1.82) is 0 Å². The SMILES string of the molecule is O=C1C=CNC1.c1ccsc1. The molecule has 2 rings (SSSR count). The van der Waals surface area contributed by atoms with E-state index in [-0.39, 0.29) is 5.78 Å². The zero-order chi connectivity index (χ0) is 7.94. The highest BCUT2D eigenvalue weighted by atomic mass is 32.1. The van der Waals surface area contributed by atoms with Crippen LogP contribution in [0.4, 0.5) is 0 Å². The summed E-state index contributed by atoms with van der Waals surface area (Å²) in [4.78, 5) is 10.1. The number of hydrogen-bond acceptors (Lipinski definition) is 3. The first-order valence-electron chi connectivity index (χ1n) is 3.29. The van der Waals surface area contributed by atoms with Crippen molar-refractivity contribution in [2.45, 2.75) is 0 Å². The van der Waals surface area contributed by atoms with Gasteiger partial charge in [0.05, 0.1) is 6.54 Å². The van der Waals surface area contributed by atoms with Crippen LogP contribution >= 0.6 is 11.3 Å². The second kappa shape index (κ2) is 4.68. The van der Waals surface area contributed by atoms with Gasteiger partial charge in [-0.3, -0.25) is 4.79 Å². The van der Waals surface area contributed by atoms with E-state index in [1.54, 1.807) is 17.5 Å². The Labute approximate surface area is 69.6 Å². The highest BCUT2D eigenvalue weighted by Crippen LogP contribution is 1.91. The lowest BCUT2D eigenvalue weighted by atomic mass is 10.4. The summed E-state index contributed by atoms with van der Waals surface area (Å²) in [6.07, 6.45) is 3.18. The molecule has 0 saturated carbocycles. The average Bonchev–Trinajstić information content (AvgIpc) is 2.57. The van der Waals surface area contributed by atoms with E-state index in [2.05, 4.69) is 5.32 Å². The molecule has 0 saturated heterocycles. The van der Waals surface area contributed by atoms with Gasteiger partial charge < -0.3 is 5.32 Å². The number of ketones is 1. The fourth-order valence-electron chi connectivity index (χ4n) is 0.597. The summed E-state index contributed by atoms with van der Waals surface area (Å²) in [5.74, 6) is 0.162. The van der Waals surface area contributed by atoms with Gasteiger partial charge >= 0.3 is 0 Å². The lowest BCUT2D eigenvalue weighted by molar-refractivity contribution is -0.113. The van der Waals surface area contributed by atoms with Crippen LogP contribution in [0, 0.1) is 0 Å². The van der Waals surface area contributed by atoms with E-state index in [4.69, 9.17) is 0 Å². The van der Waals surface area contributed by atoms with E-state index in [0.717, 1.165) is 0 Å². The fourth-order valence-corrected chi connectivity index (χ4v) is 1.05. The third-order valence-corrected chi connectivity index (χ3v) is 1.72. The lowest BCUT2D eigenvalue weighted by Crippen LogP contribution is -2.06. The minimum Gasteiger partial charge on any atom is -0.383 e. The van der Waals surface area contributed by atoms with Gasteiger partial charge in [0.25, 0.3) is 0 Å². The zero-order valence-corrected chi connectivity index (χ0v) is 6.80. The van der Waals surface area contributed by atoms with Crippen molar-refractivity contribution in [2.75, 3.05) is 6.54 Å². The first kappa shape index (κ1) is 8.01. The van der Waals surface area contributed by atoms with E-state index >= 15 is 0 Å². The molecule has 1 aromatic rings. The number of carbonyl (C=O) groups is 1. The Bertz CT molecular complexity index is 211. The van der Waals surface area contributed by atoms with Gasteiger partial charge in [-0.2, -0.15) is 11.3 Å². The summed E-state index contributed by atoms with van der Waals surface area (Å²) in [7, 11) is 0. The standard InChI is InChI=1S/C4H5NO.C4H4S/c6-4-1-2-5-3-4;1-2-4-5-3-1/h1-2,5H,3H2;1-4H. The van der Waals surface area contributed by atoms with Crippen LogP contribution in [-0.2, 0) is 4.79 Å². The molecule has 3 heteroatoms. The Hall–Kier alpha value is -1.09. The molecule has 58 valence electrons. The minimum absolute atomic E-state index is 0.162. The molecule has 0 bridgehead atoms. The minimum atomic E-state index is 0.162. The van der Waals surface area contributed by atoms with E-state index in [1.165, 1.54) is 6.08 Å². The van der Waals surface area contributed by atoms with Crippen molar-refractivity contribution < 1.29 is 4.79 Å². The Morgan fingerprint density at radius 1 is 1.36 bits per heavy atom. The third-order valence-electron chi connectivity index (χ3n) is 1.09. The topological polar surface area (TPSA) is 29.1 Å². The summed E-state index contributed by atoms with van der Waals surface area (Å²) in [5, 5.41) is 6.83. The Balaban J connectivity index is 0.000000112. The molecule has 0 amide bonds.